The maximum Gasteiger partial charge on any atom is 0.320 e. The molecule has 104 valence electrons. The monoisotopic (exact) mass is 253 g/mol. The molecule has 2 fully saturated rings. The third kappa shape index (κ3) is 2.22. The molecule has 2 amide bonds. The lowest BCUT2D eigenvalue weighted by Gasteiger charge is -2.55. The van der Waals surface area contributed by atoms with E-state index in [1.807, 2.05) is 11.9 Å². The van der Waals surface area contributed by atoms with Gasteiger partial charge in [-0.1, -0.05) is 0 Å². The molecule has 1 saturated heterocycles. The standard InChI is InChI=1S/C14H27N3O/c1-10(2)15(5)14(18)17-9-8-16(11(3)4)12-6-7-13(12)17/h10-13H,6-9H2,1-5H3. The smallest absolute Gasteiger partial charge is 0.320 e. The Kier molecular flexibility index (Phi) is 3.85. The van der Waals surface area contributed by atoms with Gasteiger partial charge in [0.2, 0.25) is 0 Å². The fraction of sp³-hybridized carbons (Fsp3) is 0.929. The van der Waals surface area contributed by atoms with Gasteiger partial charge in [0.1, 0.15) is 0 Å². The molecule has 2 aliphatic rings. The summed E-state index contributed by atoms with van der Waals surface area (Å²) in [6.45, 7) is 10.6. The fourth-order valence-electron chi connectivity index (χ4n) is 3.07. The first-order valence-corrected chi connectivity index (χ1v) is 7.22. The molecule has 4 heteroatoms. The Hall–Kier alpha value is -0.770. The second kappa shape index (κ2) is 5.08. The van der Waals surface area contributed by atoms with Crippen molar-refractivity contribution < 1.29 is 4.79 Å². The van der Waals surface area contributed by atoms with Crippen LogP contribution in [-0.2, 0) is 0 Å². The molecule has 2 unspecified atom stereocenters. The highest BCUT2D eigenvalue weighted by atomic mass is 16.2. The fourth-order valence-corrected chi connectivity index (χ4v) is 3.07. The number of hydrogen-bond donors (Lipinski definition) is 0. The van der Waals surface area contributed by atoms with Crippen LogP contribution in [0.15, 0.2) is 0 Å². The van der Waals surface area contributed by atoms with E-state index in [0.717, 1.165) is 13.1 Å². The summed E-state index contributed by atoms with van der Waals surface area (Å²) >= 11 is 0. The highest BCUT2D eigenvalue weighted by Gasteiger charge is 2.45. The SMILES string of the molecule is CC(C)N(C)C(=O)N1CCN(C(C)C)C2CCC21. The van der Waals surface area contributed by atoms with E-state index >= 15 is 0 Å². The van der Waals surface area contributed by atoms with Gasteiger partial charge in [-0.05, 0) is 40.5 Å². The van der Waals surface area contributed by atoms with Crippen LogP contribution in [-0.4, -0.2) is 65.0 Å². The van der Waals surface area contributed by atoms with Crippen LogP contribution in [0.1, 0.15) is 40.5 Å². The molecule has 0 bridgehead atoms. The normalized spacial score (nSPS) is 28.3. The quantitative estimate of drug-likeness (QED) is 0.752. The van der Waals surface area contributed by atoms with Gasteiger partial charge >= 0.3 is 6.03 Å². The molecule has 1 saturated carbocycles. The van der Waals surface area contributed by atoms with E-state index < -0.39 is 0 Å². The highest BCUT2D eigenvalue weighted by Crippen LogP contribution is 2.35. The van der Waals surface area contributed by atoms with E-state index in [1.54, 1.807) is 0 Å². The van der Waals surface area contributed by atoms with Crippen LogP contribution in [0.2, 0.25) is 0 Å². The molecule has 1 heterocycles. The molecule has 0 spiro atoms. The maximum absolute atomic E-state index is 12.4. The molecule has 0 aromatic rings. The number of urea groups is 1. The Morgan fingerprint density at radius 1 is 1.11 bits per heavy atom. The van der Waals surface area contributed by atoms with Crippen molar-refractivity contribution in [2.24, 2.45) is 0 Å². The zero-order valence-corrected chi connectivity index (χ0v) is 12.4. The van der Waals surface area contributed by atoms with Crippen molar-refractivity contribution >= 4 is 6.03 Å². The Labute approximate surface area is 111 Å². The molecule has 0 radical (unpaired) electrons. The molecular formula is C14H27N3O. The van der Waals surface area contributed by atoms with Crippen molar-refractivity contribution in [3.8, 4) is 0 Å². The topological polar surface area (TPSA) is 26.8 Å². The van der Waals surface area contributed by atoms with Crippen LogP contribution in [0.25, 0.3) is 0 Å². The van der Waals surface area contributed by atoms with Crippen LogP contribution in [0.5, 0.6) is 0 Å². The molecular weight excluding hydrogens is 226 g/mol. The zero-order chi connectivity index (χ0) is 13.4. The van der Waals surface area contributed by atoms with E-state index in [-0.39, 0.29) is 12.1 Å². The summed E-state index contributed by atoms with van der Waals surface area (Å²) in [5, 5.41) is 0. The molecule has 2 atom stereocenters. The van der Waals surface area contributed by atoms with Crippen molar-refractivity contribution in [3.63, 3.8) is 0 Å². The number of amides is 2. The van der Waals surface area contributed by atoms with Gasteiger partial charge in [0.05, 0.1) is 0 Å². The minimum Gasteiger partial charge on any atom is -0.325 e. The average Bonchev–Trinajstić information content (AvgIpc) is 2.27. The molecule has 0 aromatic carbocycles. The number of carbonyl (C=O) groups excluding carboxylic acids is 1. The third-order valence-corrected chi connectivity index (χ3v) is 4.61. The Bertz CT molecular complexity index is 316. The first kappa shape index (κ1) is 13.7. The zero-order valence-electron chi connectivity index (χ0n) is 12.4. The van der Waals surface area contributed by atoms with Gasteiger partial charge in [-0.25, -0.2) is 4.79 Å². The lowest BCUT2D eigenvalue weighted by atomic mass is 9.81. The number of carbonyl (C=O) groups is 1. The van der Waals surface area contributed by atoms with Crippen LogP contribution in [0, 0.1) is 0 Å². The summed E-state index contributed by atoms with van der Waals surface area (Å²) in [5.74, 6) is 0. The van der Waals surface area contributed by atoms with Gasteiger partial charge in [-0.2, -0.15) is 0 Å². The largest absolute Gasteiger partial charge is 0.325 e. The predicted molar refractivity (Wildman–Crippen MR) is 73.7 cm³/mol. The molecule has 1 aliphatic heterocycles. The first-order valence-electron chi connectivity index (χ1n) is 7.22. The highest BCUT2D eigenvalue weighted by molar-refractivity contribution is 5.75. The number of rotatable bonds is 2. The summed E-state index contributed by atoms with van der Waals surface area (Å²) in [6.07, 6.45) is 2.42. The summed E-state index contributed by atoms with van der Waals surface area (Å²) in [4.78, 5) is 19.0. The van der Waals surface area contributed by atoms with Gasteiger partial charge in [0.15, 0.2) is 0 Å². The molecule has 0 N–H and O–H groups in total. The van der Waals surface area contributed by atoms with Crippen molar-refractivity contribution in [2.75, 3.05) is 20.1 Å². The van der Waals surface area contributed by atoms with Gasteiger partial charge in [0.25, 0.3) is 0 Å². The van der Waals surface area contributed by atoms with Crippen molar-refractivity contribution in [1.82, 2.24) is 14.7 Å². The van der Waals surface area contributed by atoms with E-state index in [4.69, 9.17) is 0 Å². The van der Waals surface area contributed by atoms with E-state index in [9.17, 15) is 4.79 Å². The second-order valence-electron chi connectivity index (χ2n) is 6.22. The summed E-state index contributed by atoms with van der Waals surface area (Å²) in [6, 6.07) is 2.14. The number of piperazine rings is 1. The summed E-state index contributed by atoms with van der Waals surface area (Å²) in [7, 11) is 1.91. The maximum atomic E-state index is 12.4. The van der Waals surface area contributed by atoms with Gasteiger partial charge in [0, 0.05) is 44.3 Å². The Balaban J connectivity index is 2.03. The lowest BCUT2D eigenvalue weighted by Crippen LogP contribution is -2.68. The molecule has 2 rings (SSSR count). The Morgan fingerprint density at radius 2 is 1.72 bits per heavy atom. The Morgan fingerprint density at radius 3 is 2.17 bits per heavy atom. The van der Waals surface area contributed by atoms with Crippen LogP contribution < -0.4 is 0 Å². The predicted octanol–water partition coefficient (Wildman–Crippen LogP) is 2.00. The average molecular weight is 253 g/mol. The van der Waals surface area contributed by atoms with Crippen molar-refractivity contribution in [2.45, 2.75) is 64.7 Å². The second-order valence-corrected chi connectivity index (χ2v) is 6.22. The van der Waals surface area contributed by atoms with Gasteiger partial charge in [-0.15, -0.1) is 0 Å². The van der Waals surface area contributed by atoms with Crippen LogP contribution in [0.3, 0.4) is 0 Å². The molecule has 18 heavy (non-hydrogen) atoms. The van der Waals surface area contributed by atoms with E-state index in [1.165, 1.54) is 12.8 Å². The summed E-state index contributed by atoms with van der Waals surface area (Å²) < 4.78 is 0. The molecule has 1 aliphatic carbocycles. The van der Waals surface area contributed by atoms with Crippen LogP contribution in [0.4, 0.5) is 4.79 Å². The van der Waals surface area contributed by atoms with E-state index in [0.29, 0.717) is 18.1 Å². The lowest BCUT2D eigenvalue weighted by molar-refractivity contribution is -0.0389. The number of hydrogen-bond acceptors (Lipinski definition) is 2. The minimum absolute atomic E-state index is 0.211. The number of fused-ring (bicyclic) bond motifs is 1. The van der Waals surface area contributed by atoms with Gasteiger partial charge in [-0.3, -0.25) is 4.90 Å². The van der Waals surface area contributed by atoms with Crippen LogP contribution >= 0.6 is 0 Å². The molecule has 4 nitrogen and oxygen atoms in total. The first-order chi connectivity index (χ1) is 8.43. The van der Waals surface area contributed by atoms with E-state index in [2.05, 4.69) is 37.5 Å². The minimum atomic E-state index is 0.211. The van der Waals surface area contributed by atoms with Crippen molar-refractivity contribution in [1.29, 1.82) is 0 Å². The van der Waals surface area contributed by atoms with Crippen molar-refractivity contribution in [3.05, 3.63) is 0 Å². The summed E-state index contributed by atoms with van der Waals surface area (Å²) in [5.41, 5.74) is 0. The van der Waals surface area contributed by atoms with Gasteiger partial charge < -0.3 is 9.80 Å². The third-order valence-electron chi connectivity index (χ3n) is 4.61. The number of nitrogens with zero attached hydrogens (tertiary/aromatic N) is 3. The molecule has 0 aromatic heterocycles.